The fraction of sp³-hybridized carbons (Fsp3) is 0.600. The number of fused-ring (bicyclic) bond motifs is 5. The number of hydrogen-bond acceptors (Lipinski definition) is 2. The molecule has 0 amide bonds. The summed E-state index contributed by atoms with van der Waals surface area (Å²) in [6.07, 6.45) is 11.7. The second kappa shape index (κ2) is 4.52. The number of benzene rings is 1. The number of phenols is 1. The van der Waals surface area contributed by atoms with E-state index in [0.29, 0.717) is 23.5 Å². The summed E-state index contributed by atoms with van der Waals surface area (Å²) < 4.78 is 0. The van der Waals surface area contributed by atoms with Crippen LogP contribution in [0.3, 0.4) is 0 Å². The van der Waals surface area contributed by atoms with Crippen molar-refractivity contribution in [2.24, 2.45) is 17.3 Å². The third-order valence-electron chi connectivity index (χ3n) is 6.99. The highest BCUT2D eigenvalue weighted by Gasteiger charge is 2.61. The second-order valence-electron chi connectivity index (χ2n) is 7.78. The summed E-state index contributed by atoms with van der Waals surface area (Å²) in [6, 6.07) is 5.83. The lowest BCUT2D eigenvalue weighted by Crippen LogP contribution is -2.52. The van der Waals surface area contributed by atoms with Crippen LogP contribution in [0.4, 0.5) is 0 Å². The molecule has 1 aromatic rings. The quantitative estimate of drug-likeness (QED) is 0.718. The molecule has 2 N–H and O–H groups in total. The molecule has 1 aromatic carbocycles. The Bertz CT molecular complexity index is 658. The Hall–Kier alpha value is -1.46. The molecule has 5 atom stereocenters. The van der Waals surface area contributed by atoms with Gasteiger partial charge in [-0.2, -0.15) is 0 Å². The minimum Gasteiger partial charge on any atom is -0.508 e. The van der Waals surface area contributed by atoms with Crippen LogP contribution < -0.4 is 0 Å². The van der Waals surface area contributed by atoms with E-state index in [4.69, 9.17) is 6.42 Å². The molecule has 0 aliphatic heterocycles. The first-order chi connectivity index (χ1) is 10.5. The molecule has 3 aliphatic rings. The molecule has 0 bridgehead atoms. The van der Waals surface area contributed by atoms with Gasteiger partial charge in [-0.05, 0) is 86.5 Å². The van der Waals surface area contributed by atoms with Crippen molar-refractivity contribution in [1.82, 2.24) is 0 Å². The number of aromatic hydroxyl groups is 1. The van der Waals surface area contributed by atoms with Crippen LogP contribution in [0.5, 0.6) is 5.75 Å². The topological polar surface area (TPSA) is 40.5 Å². The Kier molecular flexibility index (Phi) is 2.91. The summed E-state index contributed by atoms with van der Waals surface area (Å²) in [5.41, 5.74) is 1.64. The first kappa shape index (κ1) is 14.2. The molecular formula is C20H24O2. The van der Waals surface area contributed by atoms with Gasteiger partial charge >= 0.3 is 0 Å². The van der Waals surface area contributed by atoms with Crippen LogP contribution in [0.25, 0.3) is 0 Å². The Labute approximate surface area is 132 Å². The lowest BCUT2D eigenvalue weighted by molar-refractivity contribution is -0.110. The minimum atomic E-state index is -0.683. The number of rotatable bonds is 0. The van der Waals surface area contributed by atoms with Crippen molar-refractivity contribution in [3.8, 4) is 18.1 Å². The second-order valence-corrected chi connectivity index (χ2v) is 7.78. The first-order valence-corrected chi connectivity index (χ1v) is 8.50. The van der Waals surface area contributed by atoms with E-state index in [-0.39, 0.29) is 5.41 Å². The van der Waals surface area contributed by atoms with Crippen molar-refractivity contribution in [3.05, 3.63) is 29.3 Å². The summed E-state index contributed by atoms with van der Waals surface area (Å²) in [7, 11) is 0. The van der Waals surface area contributed by atoms with Crippen LogP contribution in [0.1, 0.15) is 56.1 Å². The van der Waals surface area contributed by atoms with Gasteiger partial charge in [-0.15, -0.1) is 6.42 Å². The summed E-state index contributed by atoms with van der Waals surface area (Å²) in [5, 5.41) is 21.1. The van der Waals surface area contributed by atoms with Gasteiger partial charge in [0, 0.05) is 0 Å². The molecule has 3 aliphatic carbocycles. The summed E-state index contributed by atoms with van der Waals surface area (Å²) in [4.78, 5) is 0. The summed E-state index contributed by atoms with van der Waals surface area (Å²) >= 11 is 0. The maximum Gasteiger partial charge on any atom is 0.115 e. The predicted molar refractivity (Wildman–Crippen MR) is 86.5 cm³/mol. The van der Waals surface area contributed by atoms with Gasteiger partial charge in [0.25, 0.3) is 0 Å². The average molecular weight is 296 g/mol. The number of aliphatic hydroxyl groups is 1. The molecule has 4 unspecified atom stereocenters. The van der Waals surface area contributed by atoms with E-state index in [9.17, 15) is 10.2 Å². The maximum atomic E-state index is 11.4. The van der Waals surface area contributed by atoms with E-state index in [0.717, 1.165) is 38.5 Å². The summed E-state index contributed by atoms with van der Waals surface area (Å²) in [6.45, 7) is 2.07. The van der Waals surface area contributed by atoms with Crippen molar-refractivity contribution in [1.29, 1.82) is 0 Å². The first-order valence-electron chi connectivity index (χ1n) is 8.50. The lowest BCUT2D eigenvalue weighted by Gasteiger charge is -2.51. The Morgan fingerprint density at radius 3 is 2.82 bits per heavy atom. The van der Waals surface area contributed by atoms with Crippen LogP contribution in [0.2, 0.25) is 0 Å². The van der Waals surface area contributed by atoms with E-state index >= 15 is 0 Å². The monoisotopic (exact) mass is 296 g/mol. The van der Waals surface area contributed by atoms with Crippen LogP contribution in [0.15, 0.2) is 18.2 Å². The molecule has 2 nitrogen and oxygen atoms in total. The fourth-order valence-corrected chi connectivity index (χ4v) is 5.69. The fourth-order valence-electron chi connectivity index (χ4n) is 5.69. The standard InChI is InChI=1S/C20H24O2/c1-3-19(2)10-9-18-17-6-4-13-12-14(21)5-7-15(13)16(17)8-11-20(18,19)22/h1,5,7,12,16-18,21-22H,4,6,8-11H2,2H3/t16?,17?,18?,19?,20-/m1/s1. The number of hydrogen-bond donors (Lipinski definition) is 2. The van der Waals surface area contributed by atoms with Gasteiger partial charge < -0.3 is 10.2 Å². The smallest absolute Gasteiger partial charge is 0.115 e. The van der Waals surface area contributed by atoms with Crippen LogP contribution in [-0.2, 0) is 6.42 Å². The highest BCUT2D eigenvalue weighted by Crippen LogP contribution is 2.62. The molecule has 116 valence electrons. The Balaban J connectivity index is 1.72. The van der Waals surface area contributed by atoms with Gasteiger partial charge in [0.2, 0.25) is 0 Å². The molecular weight excluding hydrogens is 272 g/mol. The third-order valence-corrected chi connectivity index (χ3v) is 6.99. The van der Waals surface area contributed by atoms with Gasteiger partial charge in [-0.3, -0.25) is 0 Å². The van der Waals surface area contributed by atoms with E-state index in [1.165, 1.54) is 11.1 Å². The lowest BCUT2D eigenvalue weighted by atomic mass is 9.56. The number of aryl methyl sites for hydroxylation is 1. The SMILES string of the molecule is C#CC1(C)CCC2C3CCc4cc(O)ccc4C3CC[C@@]21O. The molecule has 0 aromatic heterocycles. The van der Waals surface area contributed by atoms with Crippen LogP contribution >= 0.6 is 0 Å². The van der Waals surface area contributed by atoms with Gasteiger partial charge in [-0.25, -0.2) is 0 Å². The molecule has 0 saturated heterocycles. The largest absolute Gasteiger partial charge is 0.508 e. The molecule has 2 saturated carbocycles. The zero-order valence-electron chi connectivity index (χ0n) is 13.2. The normalized spacial score (nSPS) is 42.9. The predicted octanol–water partition coefficient (Wildman–Crippen LogP) is 3.61. The molecule has 0 spiro atoms. The molecule has 0 radical (unpaired) electrons. The Morgan fingerprint density at radius 2 is 2.05 bits per heavy atom. The van der Waals surface area contributed by atoms with Crippen molar-refractivity contribution in [3.63, 3.8) is 0 Å². The van der Waals surface area contributed by atoms with Gasteiger partial charge in [0.05, 0.1) is 11.0 Å². The van der Waals surface area contributed by atoms with Gasteiger partial charge in [0.15, 0.2) is 0 Å². The highest BCUT2D eigenvalue weighted by atomic mass is 16.3. The summed E-state index contributed by atoms with van der Waals surface area (Å²) in [5.74, 6) is 4.67. The molecule has 0 heterocycles. The maximum absolute atomic E-state index is 11.4. The average Bonchev–Trinajstić information content (AvgIpc) is 2.79. The van der Waals surface area contributed by atoms with E-state index < -0.39 is 5.60 Å². The molecule has 2 fully saturated rings. The van der Waals surface area contributed by atoms with Gasteiger partial charge in [0.1, 0.15) is 5.75 Å². The molecule has 22 heavy (non-hydrogen) atoms. The Morgan fingerprint density at radius 1 is 1.23 bits per heavy atom. The van der Waals surface area contributed by atoms with E-state index in [2.05, 4.69) is 18.9 Å². The van der Waals surface area contributed by atoms with Crippen molar-refractivity contribution >= 4 is 0 Å². The zero-order chi connectivity index (χ0) is 15.5. The van der Waals surface area contributed by atoms with E-state index in [1.807, 2.05) is 12.1 Å². The van der Waals surface area contributed by atoms with Crippen LogP contribution in [0, 0.1) is 29.6 Å². The number of terminal acetylenes is 1. The van der Waals surface area contributed by atoms with Crippen LogP contribution in [-0.4, -0.2) is 15.8 Å². The number of phenolic OH excluding ortho intramolecular Hbond substituents is 1. The van der Waals surface area contributed by atoms with Crippen molar-refractivity contribution in [2.45, 2.75) is 57.0 Å². The molecule has 4 rings (SSSR count). The van der Waals surface area contributed by atoms with Crippen molar-refractivity contribution < 1.29 is 10.2 Å². The highest BCUT2D eigenvalue weighted by molar-refractivity contribution is 5.40. The zero-order valence-corrected chi connectivity index (χ0v) is 13.2. The minimum absolute atomic E-state index is 0.328. The third kappa shape index (κ3) is 1.66. The molecule has 2 heteroatoms. The van der Waals surface area contributed by atoms with E-state index in [1.54, 1.807) is 0 Å². The van der Waals surface area contributed by atoms with Gasteiger partial charge in [-0.1, -0.05) is 12.0 Å². The van der Waals surface area contributed by atoms with Crippen molar-refractivity contribution in [2.75, 3.05) is 0 Å².